The first kappa shape index (κ1) is 19.4. The third-order valence-corrected chi connectivity index (χ3v) is 6.69. The number of hydrogen-bond acceptors (Lipinski definition) is 7. The van der Waals surface area contributed by atoms with Crippen LogP contribution in [0.2, 0.25) is 0 Å². The van der Waals surface area contributed by atoms with Crippen LogP contribution in [0.4, 0.5) is 4.79 Å². The van der Waals surface area contributed by atoms with Crippen LogP contribution in [0.5, 0.6) is 0 Å². The number of primary amides is 1. The van der Waals surface area contributed by atoms with E-state index >= 15 is 0 Å². The Morgan fingerprint density at radius 2 is 1.93 bits per heavy atom. The van der Waals surface area contributed by atoms with Gasteiger partial charge in [-0.2, -0.15) is 0 Å². The number of imide groups is 1. The lowest BCUT2D eigenvalue weighted by atomic mass is 10.2. The van der Waals surface area contributed by atoms with Crippen molar-refractivity contribution in [3.63, 3.8) is 0 Å². The number of amides is 3. The number of fused-ring (bicyclic) bond motifs is 1. The monoisotopic (exact) mass is 442 g/mol. The number of thiophene rings is 2. The molecule has 0 unspecified atom stereocenters. The van der Waals surface area contributed by atoms with Gasteiger partial charge in [0.25, 0.3) is 5.56 Å². The van der Waals surface area contributed by atoms with E-state index < -0.39 is 11.9 Å². The summed E-state index contributed by atoms with van der Waals surface area (Å²) in [6.45, 7) is 0. The van der Waals surface area contributed by atoms with E-state index in [0.717, 1.165) is 22.2 Å². The summed E-state index contributed by atoms with van der Waals surface area (Å²) in [6.07, 6.45) is 0. The average Bonchev–Trinajstić information content (AvgIpc) is 3.36. The van der Waals surface area contributed by atoms with Gasteiger partial charge < -0.3 is 5.73 Å². The number of carbonyl (C=O) groups excluding carboxylic acids is 2. The first-order chi connectivity index (χ1) is 14.0. The molecule has 4 rings (SSSR count). The second kappa shape index (κ2) is 8.19. The second-order valence-electron chi connectivity index (χ2n) is 5.88. The van der Waals surface area contributed by atoms with Crippen molar-refractivity contribution in [3.05, 3.63) is 63.6 Å². The smallest absolute Gasteiger partial charge is 0.318 e. The maximum absolute atomic E-state index is 13.5. The van der Waals surface area contributed by atoms with Crippen LogP contribution in [-0.2, 0) is 4.79 Å². The van der Waals surface area contributed by atoms with Crippen LogP contribution in [0.1, 0.15) is 0 Å². The number of nitrogens with zero attached hydrogens (tertiary/aromatic N) is 2. The predicted octanol–water partition coefficient (Wildman–Crippen LogP) is 3.46. The minimum absolute atomic E-state index is 0.100. The molecule has 0 saturated carbocycles. The summed E-state index contributed by atoms with van der Waals surface area (Å²) in [7, 11) is 0. The van der Waals surface area contributed by atoms with Gasteiger partial charge in [0.1, 0.15) is 4.83 Å². The van der Waals surface area contributed by atoms with Gasteiger partial charge in [-0.1, -0.05) is 36.0 Å². The molecule has 3 N–H and O–H groups in total. The van der Waals surface area contributed by atoms with Gasteiger partial charge in [-0.3, -0.25) is 19.5 Å². The van der Waals surface area contributed by atoms with Crippen LogP contribution in [0.3, 0.4) is 0 Å². The molecule has 146 valence electrons. The molecular weight excluding hydrogens is 428 g/mol. The molecule has 3 heterocycles. The number of thioether (sulfide) groups is 1. The van der Waals surface area contributed by atoms with Crippen molar-refractivity contribution in [2.45, 2.75) is 5.16 Å². The standard InChI is InChI=1S/C19H14N4O3S3/c20-18(26)21-14(24)10-29-19-22-16-15(12(9-28-16)13-7-4-8-27-13)17(25)23(19)11-5-2-1-3-6-11/h1-9H,10H2,(H3,20,21,24,26). The zero-order valence-corrected chi connectivity index (χ0v) is 17.3. The van der Waals surface area contributed by atoms with Gasteiger partial charge >= 0.3 is 6.03 Å². The largest absolute Gasteiger partial charge is 0.351 e. The van der Waals surface area contributed by atoms with Gasteiger partial charge in [0.15, 0.2) is 5.16 Å². The highest BCUT2D eigenvalue weighted by Gasteiger charge is 2.19. The number of carbonyl (C=O) groups is 2. The van der Waals surface area contributed by atoms with E-state index in [1.54, 1.807) is 23.5 Å². The molecule has 0 bridgehead atoms. The Labute approximate surface area is 177 Å². The fraction of sp³-hybridized carbons (Fsp3) is 0.0526. The Hall–Kier alpha value is -2.95. The molecule has 3 amide bonds. The molecule has 0 fully saturated rings. The number of nitrogens with two attached hydrogens (primary N) is 1. The minimum atomic E-state index is -0.918. The quantitative estimate of drug-likeness (QED) is 0.364. The van der Waals surface area contributed by atoms with Crippen LogP contribution >= 0.6 is 34.4 Å². The lowest BCUT2D eigenvalue weighted by Crippen LogP contribution is -2.36. The average molecular weight is 443 g/mol. The topological polar surface area (TPSA) is 107 Å². The van der Waals surface area contributed by atoms with Crippen LogP contribution in [0.15, 0.2) is 63.2 Å². The van der Waals surface area contributed by atoms with E-state index in [1.165, 1.54) is 15.9 Å². The number of nitrogens with one attached hydrogen (secondary N) is 1. The van der Waals surface area contributed by atoms with Crippen molar-refractivity contribution in [1.29, 1.82) is 0 Å². The molecule has 0 aliphatic rings. The third-order valence-electron chi connectivity index (χ3n) is 3.97. The van der Waals surface area contributed by atoms with Gasteiger partial charge in [-0.25, -0.2) is 9.78 Å². The van der Waals surface area contributed by atoms with Crippen LogP contribution in [-0.4, -0.2) is 27.2 Å². The maximum atomic E-state index is 13.5. The third kappa shape index (κ3) is 3.95. The lowest BCUT2D eigenvalue weighted by Gasteiger charge is -2.12. The molecule has 0 aliphatic heterocycles. The first-order valence-electron chi connectivity index (χ1n) is 8.40. The molecular formula is C19H14N4O3S3. The second-order valence-corrected chi connectivity index (χ2v) is 8.63. The molecule has 3 aromatic heterocycles. The molecule has 0 saturated heterocycles. The molecule has 7 nitrogen and oxygen atoms in total. The van der Waals surface area contributed by atoms with Crippen LogP contribution in [0, 0.1) is 0 Å². The van der Waals surface area contributed by atoms with E-state index in [0.29, 0.717) is 21.1 Å². The van der Waals surface area contributed by atoms with Gasteiger partial charge in [0.05, 0.1) is 16.8 Å². The molecule has 0 radical (unpaired) electrons. The maximum Gasteiger partial charge on any atom is 0.318 e. The molecule has 0 spiro atoms. The zero-order chi connectivity index (χ0) is 20.4. The van der Waals surface area contributed by atoms with Gasteiger partial charge in [0, 0.05) is 15.8 Å². The van der Waals surface area contributed by atoms with E-state index in [9.17, 15) is 14.4 Å². The molecule has 10 heteroatoms. The Morgan fingerprint density at radius 3 is 2.62 bits per heavy atom. The molecule has 4 aromatic rings. The van der Waals surface area contributed by atoms with Crippen molar-refractivity contribution in [2.24, 2.45) is 5.73 Å². The van der Waals surface area contributed by atoms with Gasteiger partial charge in [0.2, 0.25) is 5.91 Å². The van der Waals surface area contributed by atoms with E-state index in [1.807, 2.05) is 46.4 Å². The van der Waals surface area contributed by atoms with Crippen molar-refractivity contribution in [1.82, 2.24) is 14.9 Å². The number of para-hydroxylation sites is 1. The van der Waals surface area contributed by atoms with Gasteiger partial charge in [-0.05, 0) is 23.6 Å². The zero-order valence-electron chi connectivity index (χ0n) is 14.8. The summed E-state index contributed by atoms with van der Waals surface area (Å²) in [5.74, 6) is -0.654. The number of hydrogen-bond donors (Lipinski definition) is 2. The summed E-state index contributed by atoms with van der Waals surface area (Å²) in [6, 6.07) is 12.1. The number of benzene rings is 1. The molecule has 1 aromatic carbocycles. The lowest BCUT2D eigenvalue weighted by molar-refractivity contribution is -0.117. The minimum Gasteiger partial charge on any atom is -0.351 e. The fourth-order valence-corrected chi connectivity index (χ4v) is 5.41. The highest BCUT2D eigenvalue weighted by atomic mass is 32.2. The van der Waals surface area contributed by atoms with Crippen molar-refractivity contribution < 1.29 is 9.59 Å². The summed E-state index contributed by atoms with van der Waals surface area (Å²) in [5.41, 5.74) is 6.28. The summed E-state index contributed by atoms with van der Waals surface area (Å²) < 4.78 is 1.49. The van der Waals surface area contributed by atoms with Gasteiger partial charge in [-0.15, -0.1) is 22.7 Å². The molecule has 29 heavy (non-hydrogen) atoms. The van der Waals surface area contributed by atoms with E-state index in [-0.39, 0.29) is 11.3 Å². The molecule has 0 aliphatic carbocycles. The SMILES string of the molecule is NC(=O)NC(=O)CSc1nc2scc(-c3cccs3)c2c(=O)n1-c1ccccc1. The Kier molecular flexibility index (Phi) is 5.47. The van der Waals surface area contributed by atoms with E-state index in [2.05, 4.69) is 4.98 Å². The Balaban J connectivity index is 1.85. The van der Waals surface area contributed by atoms with Crippen molar-refractivity contribution in [3.8, 4) is 16.1 Å². The number of rotatable bonds is 5. The molecule has 0 atom stereocenters. The summed E-state index contributed by atoms with van der Waals surface area (Å²) in [4.78, 5) is 42.4. The Bertz CT molecular complexity index is 1250. The highest BCUT2D eigenvalue weighted by Crippen LogP contribution is 2.35. The summed E-state index contributed by atoms with van der Waals surface area (Å²) >= 11 is 4.01. The number of urea groups is 1. The first-order valence-corrected chi connectivity index (χ1v) is 11.1. The highest BCUT2D eigenvalue weighted by molar-refractivity contribution is 7.99. The van der Waals surface area contributed by atoms with E-state index in [4.69, 9.17) is 5.73 Å². The normalized spacial score (nSPS) is 10.9. The van der Waals surface area contributed by atoms with Crippen LogP contribution < -0.4 is 16.6 Å². The van der Waals surface area contributed by atoms with Crippen molar-refractivity contribution >= 4 is 56.6 Å². The van der Waals surface area contributed by atoms with Crippen molar-refractivity contribution in [2.75, 3.05) is 5.75 Å². The Morgan fingerprint density at radius 1 is 1.14 bits per heavy atom. The predicted molar refractivity (Wildman–Crippen MR) is 117 cm³/mol. The summed E-state index contributed by atoms with van der Waals surface area (Å²) in [5, 5.41) is 6.82. The fourth-order valence-electron chi connectivity index (χ4n) is 2.79. The van der Waals surface area contributed by atoms with Crippen LogP contribution in [0.25, 0.3) is 26.3 Å². The number of aromatic nitrogens is 2.